The molecular formula is C24H42N2O5. The quantitative estimate of drug-likeness (QED) is 0.183. The molecule has 31 heavy (non-hydrogen) atoms. The maximum atomic E-state index is 12.2. The van der Waals surface area contributed by atoms with Crippen LogP contribution in [0, 0.1) is 5.41 Å². The fraction of sp³-hybridized carbons (Fsp3) is 0.833. The van der Waals surface area contributed by atoms with Crippen LogP contribution in [-0.2, 0) is 14.4 Å². The van der Waals surface area contributed by atoms with Crippen molar-refractivity contribution in [1.29, 1.82) is 0 Å². The van der Waals surface area contributed by atoms with Gasteiger partial charge < -0.3 is 5.11 Å². The fourth-order valence-corrected chi connectivity index (χ4v) is 4.29. The predicted molar refractivity (Wildman–Crippen MR) is 121 cm³/mol. The number of barbiturate groups is 1. The van der Waals surface area contributed by atoms with Crippen molar-refractivity contribution in [3.63, 3.8) is 0 Å². The molecular weight excluding hydrogens is 396 g/mol. The Morgan fingerprint density at radius 3 is 1.39 bits per heavy atom. The van der Waals surface area contributed by atoms with Crippen LogP contribution in [0.25, 0.3) is 0 Å². The SMILES string of the molecule is CCCCCCCCCCCCCCCCCCC1(CC(=O)O)C(=O)NC(=O)NC1=O. The summed E-state index contributed by atoms with van der Waals surface area (Å²) in [5.74, 6) is -2.83. The fourth-order valence-electron chi connectivity index (χ4n) is 4.29. The van der Waals surface area contributed by atoms with Gasteiger partial charge in [0, 0.05) is 0 Å². The molecule has 4 amide bonds. The van der Waals surface area contributed by atoms with Crippen LogP contribution in [-0.4, -0.2) is 28.9 Å². The van der Waals surface area contributed by atoms with Crippen LogP contribution in [0.4, 0.5) is 4.79 Å². The molecule has 0 aromatic carbocycles. The zero-order chi connectivity index (χ0) is 23.0. The lowest BCUT2D eigenvalue weighted by Gasteiger charge is -2.32. The molecule has 3 N–H and O–H groups in total. The van der Waals surface area contributed by atoms with Crippen molar-refractivity contribution < 1.29 is 24.3 Å². The molecule has 7 nitrogen and oxygen atoms in total. The Morgan fingerprint density at radius 1 is 0.677 bits per heavy atom. The van der Waals surface area contributed by atoms with Crippen molar-refractivity contribution in [2.24, 2.45) is 5.41 Å². The Morgan fingerprint density at radius 2 is 1.03 bits per heavy atom. The number of carboxylic acids is 1. The van der Waals surface area contributed by atoms with Crippen molar-refractivity contribution in [3.05, 3.63) is 0 Å². The first-order valence-corrected chi connectivity index (χ1v) is 12.3. The Labute approximate surface area is 187 Å². The minimum absolute atomic E-state index is 0.142. The van der Waals surface area contributed by atoms with Gasteiger partial charge in [0.15, 0.2) is 0 Å². The van der Waals surface area contributed by atoms with Gasteiger partial charge in [-0.2, -0.15) is 0 Å². The molecule has 178 valence electrons. The molecule has 0 aromatic heterocycles. The smallest absolute Gasteiger partial charge is 0.328 e. The zero-order valence-electron chi connectivity index (χ0n) is 19.3. The highest BCUT2D eigenvalue weighted by Crippen LogP contribution is 2.32. The van der Waals surface area contributed by atoms with E-state index in [0.29, 0.717) is 6.42 Å². The number of rotatable bonds is 19. The monoisotopic (exact) mass is 438 g/mol. The summed E-state index contributed by atoms with van der Waals surface area (Å²) in [5, 5.41) is 13.2. The van der Waals surface area contributed by atoms with Crippen molar-refractivity contribution in [2.45, 2.75) is 122 Å². The van der Waals surface area contributed by atoms with Crippen molar-refractivity contribution >= 4 is 23.8 Å². The van der Waals surface area contributed by atoms with E-state index in [1.54, 1.807) is 0 Å². The van der Waals surface area contributed by atoms with Crippen LogP contribution in [0.15, 0.2) is 0 Å². The Hall–Kier alpha value is -1.92. The van der Waals surface area contributed by atoms with E-state index in [0.717, 1.165) is 19.3 Å². The van der Waals surface area contributed by atoms with Gasteiger partial charge in [-0.15, -0.1) is 0 Å². The highest BCUT2D eigenvalue weighted by atomic mass is 16.4. The lowest BCUT2D eigenvalue weighted by atomic mass is 9.76. The minimum Gasteiger partial charge on any atom is -0.481 e. The van der Waals surface area contributed by atoms with Gasteiger partial charge in [-0.05, 0) is 6.42 Å². The lowest BCUT2D eigenvalue weighted by Crippen LogP contribution is -2.62. The van der Waals surface area contributed by atoms with Gasteiger partial charge in [0.2, 0.25) is 11.8 Å². The van der Waals surface area contributed by atoms with Gasteiger partial charge in [0.05, 0.1) is 6.42 Å². The maximum absolute atomic E-state index is 12.2. The van der Waals surface area contributed by atoms with E-state index in [-0.39, 0.29) is 6.42 Å². The number of urea groups is 1. The third-order valence-corrected chi connectivity index (χ3v) is 6.23. The molecule has 1 aliphatic rings. The topological polar surface area (TPSA) is 113 Å². The number of hydrogen-bond acceptors (Lipinski definition) is 4. The lowest BCUT2D eigenvalue weighted by molar-refractivity contribution is -0.154. The number of nitrogens with one attached hydrogen (secondary N) is 2. The molecule has 1 rings (SSSR count). The molecule has 0 radical (unpaired) electrons. The van der Waals surface area contributed by atoms with E-state index in [2.05, 4.69) is 6.92 Å². The van der Waals surface area contributed by atoms with Crippen LogP contribution in [0.3, 0.4) is 0 Å². The summed E-state index contributed by atoms with van der Waals surface area (Å²) in [6.07, 6.45) is 19.0. The number of carboxylic acid groups (broad SMARTS) is 1. The molecule has 0 aromatic rings. The average Bonchev–Trinajstić information content (AvgIpc) is 2.71. The van der Waals surface area contributed by atoms with Gasteiger partial charge >= 0.3 is 12.0 Å². The van der Waals surface area contributed by atoms with Crippen LogP contribution < -0.4 is 10.6 Å². The summed E-state index contributed by atoms with van der Waals surface area (Å²) in [5.41, 5.74) is -1.68. The molecule has 0 spiro atoms. The van der Waals surface area contributed by atoms with E-state index in [1.807, 2.05) is 10.6 Å². The van der Waals surface area contributed by atoms with E-state index in [1.165, 1.54) is 77.0 Å². The number of amides is 4. The highest BCUT2D eigenvalue weighted by Gasteiger charge is 2.51. The summed E-state index contributed by atoms with van der Waals surface area (Å²) in [6.45, 7) is 2.25. The predicted octanol–water partition coefficient (Wildman–Crippen LogP) is 5.47. The third-order valence-electron chi connectivity index (χ3n) is 6.23. The molecule has 0 saturated carbocycles. The van der Waals surface area contributed by atoms with Gasteiger partial charge in [0.25, 0.3) is 0 Å². The Bertz CT molecular complexity index is 556. The number of imide groups is 2. The minimum atomic E-state index is -1.68. The van der Waals surface area contributed by atoms with Crippen LogP contribution in [0.2, 0.25) is 0 Å². The number of hydrogen-bond donors (Lipinski definition) is 3. The third kappa shape index (κ3) is 10.8. The van der Waals surface area contributed by atoms with E-state index >= 15 is 0 Å². The Kier molecular flexibility index (Phi) is 13.8. The number of aliphatic carboxylic acids is 1. The van der Waals surface area contributed by atoms with Gasteiger partial charge in [-0.25, -0.2) is 4.79 Å². The molecule has 7 heteroatoms. The van der Waals surface area contributed by atoms with Gasteiger partial charge in [-0.3, -0.25) is 25.0 Å². The first kappa shape index (κ1) is 27.1. The summed E-state index contributed by atoms with van der Waals surface area (Å²) >= 11 is 0. The summed E-state index contributed by atoms with van der Waals surface area (Å²) in [6, 6.07) is -0.886. The van der Waals surface area contributed by atoms with Crippen LogP contribution >= 0.6 is 0 Å². The molecule has 1 fully saturated rings. The molecule has 1 aliphatic heterocycles. The molecule has 1 saturated heterocycles. The number of carbonyl (C=O) groups excluding carboxylic acids is 3. The highest BCUT2D eigenvalue weighted by molar-refractivity contribution is 6.20. The second kappa shape index (κ2) is 15.8. The summed E-state index contributed by atoms with van der Waals surface area (Å²) < 4.78 is 0. The molecule has 0 bridgehead atoms. The second-order valence-corrected chi connectivity index (χ2v) is 8.94. The first-order valence-electron chi connectivity index (χ1n) is 12.3. The van der Waals surface area contributed by atoms with E-state index in [4.69, 9.17) is 5.11 Å². The van der Waals surface area contributed by atoms with E-state index < -0.39 is 35.7 Å². The molecule has 0 aliphatic carbocycles. The summed E-state index contributed by atoms with van der Waals surface area (Å²) in [4.78, 5) is 46.9. The molecule has 1 heterocycles. The van der Waals surface area contributed by atoms with Crippen LogP contribution in [0.1, 0.15) is 122 Å². The zero-order valence-corrected chi connectivity index (χ0v) is 19.3. The second-order valence-electron chi connectivity index (χ2n) is 8.94. The number of carbonyl (C=O) groups is 4. The normalized spacial score (nSPS) is 15.6. The molecule has 0 atom stereocenters. The van der Waals surface area contributed by atoms with E-state index in [9.17, 15) is 19.2 Å². The molecule has 0 unspecified atom stereocenters. The average molecular weight is 439 g/mol. The number of unbranched alkanes of at least 4 members (excludes halogenated alkanes) is 15. The van der Waals surface area contributed by atoms with Crippen molar-refractivity contribution in [1.82, 2.24) is 10.6 Å². The van der Waals surface area contributed by atoms with Crippen molar-refractivity contribution in [2.75, 3.05) is 0 Å². The van der Waals surface area contributed by atoms with Crippen LogP contribution in [0.5, 0.6) is 0 Å². The van der Waals surface area contributed by atoms with Gasteiger partial charge in [0.1, 0.15) is 5.41 Å². The summed E-state index contributed by atoms with van der Waals surface area (Å²) in [7, 11) is 0. The van der Waals surface area contributed by atoms with Crippen molar-refractivity contribution in [3.8, 4) is 0 Å². The first-order chi connectivity index (χ1) is 14.9. The standard InChI is InChI=1S/C24H42N2O5/c1-2-3-4-5-6-7-8-9-10-11-12-13-14-15-16-17-18-24(19-20(27)28)21(29)25-23(31)26-22(24)30/h2-19H2,1H3,(H,27,28)(H2,25,26,29,30,31). The Balaban J connectivity index is 2.07. The maximum Gasteiger partial charge on any atom is 0.328 e. The van der Waals surface area contributed by atoms with Gasteiger partial charge in [-0.1, -0.05) is 110 Å². The largest absolute Gasteiger partial charge is 0.481 e.